The van der Waals surface area contributed by atoms with Crippen LogP contribution in [0.4, 0.5) is 0 Å². The highest BCUT2D eigenvalue weighted by atomic mass is 32.1. The maximum absolute atomic E-state index is 12.2. The van der Waals surface area contributed by atoms with Crippen molar-refractivity contribution >= 4 is 28.9 Å². The molecule has 1 aromatic carbocycles. The number of carbonyl (C=O) groups excluding carboxylic acids is 3. The Morgan fingerprint density at radius 1 is 1.19 bits per heavy atom. The minimum absolute atomic E-state index is 0.155. The van der Waals surface area contributed by atoms with E-state index in [1.165, 1.54) is 6.07 Å². The molecule has 0 saturated heterocycles. The molecule has 0 radical (unpaired) electrons. The molecule has 1 aromatic heterocycles. The monoisotopic (exact) mass is 376 g/mol. The summed E-state index contributed by atoms with van der Waals surface area (Å²) >= 11 is 1.12. The van der Waals surface area contributed by atoms with E-state index in [2.05, 4.69) is 10.6 Å². The van der Waals surface area contributed by atoms with Crippen molar-refractivity contribution in [2.75, 3.05) is 13.4 Å². The Balaban J connectivity index is 1.55. The number of Topliss-reactive ketones (excluding diaryl/α,β-unsaturated/α-hetero) is 1. The van der Waals surface area contributed by atoms with Gasteiger partial charge in [0.1, 0.15) is 6.04 Å². The van der Waals surface area contributed by atoms with Crippen molar-refractivity contribution in [2.45, 2.75) is 12.6 Å². The molecule has 1 atom stereocenters. The number of rotatable bonds is 7. The lowest BCUT2D eigenvalue weighted by Crippen LogP contribution is -2.50. The summed E-state index contributed by atoms with van der Waals surface area (Å²) in [4.78, 5) is 36.3. The number of benzene rings is 1. The molecular formula is C17H16N2O6S. The van der Waals surface area contributed by atoms with Gasteiger partial charge in [-0.3, -0.25) is 14.4 Å². The van der Waals surface area contributed by atoms with Gasteiger partial charge in [0.2, 0.25) is 12.7 Å². The summed E-state index contributed by atoms with van der Waals surface area (Å²) in [7, 11) is 0. The van der Waals surface area contributed by atoms with Crippen LogP contribution in [0.2, 0.25) is 0 Å². The first kappa shape index (κ1) is 17.9. The van der Waals surface area contributed by atoms with Crippen LogP contribution in [0.1, 0.15) is 15.2 Å². The Morgan fingerprint density at radius 3 is 2.73 bits per heavy atom. The van der Waals surface area contributed by atoms with Crippen LogP contribution in [0, 0.1) is 0 Å². The summed E-state index contributed by atoms with van der Waals surface area (Å²) in [5.74, 6) is -1.07. The van der Waals surface area contributed by atoms with Crippen molar-refractivity contribution in [1.29, 1.82) is 0 Å². The van der Waals surface area contributed by atoms with E-state index in [-0.39, 0.29) is 18.2 Å². The zero-order chi connectivity index (χ0) is 18.5. The number of ether oxygens (including phenoxy) is 2. The fraction of sp³-hybridized carbons (Fsp3) is 0.235. The van der Waals surface area contributed by atoms with Crippen LogP contribution in [0.15, 0.2) is 35.7 Å². The molecule has 2 heterocycles. The van der Waals surface area contributed by atoms with E-state index in [1.807, 2.05) is 0 Å². The van der Waals surface area contributed by atoms with Gasteiger partial charge in [0.25, 0.3) is 11.7 Å². The summed E-state index contributed by atoms with van der Waals surface area (Å²) in [5, 5.41) is 15.9. The van der Waals surface area contributed by atoms with Crippen LogP contribution in [-0.4, -0.2) is 42.1 Å². The lowest BCUT2D eigenvalue weighted by molar-refractivity contribution is -0.128. The van der Waals surface area contributed by atoms with E-state index in [4.69, 9.17) is 9.47 Å². The van der Waals surface area contributed by atoms with Gasteiger partial charge in [-0.15, -0.1) is 11.3 Å². The predicted octanol–water partition coefficient (Wildman–Crippen LogP) is 0.453. The van der Waals surface area contributed by atoms with Gasteiger partial charge >= 0.3 is 0 Å². The van der Waals surface area contributed by atoms with Crippen LogP contribution in [-0.2, 0) is 16.1 Å². The maximum atomic E-state index is 12.2. The zero-order valence-corrected chi connectivity index (χ0v) is 14.4. The molecule has 9 heteroatoms. The summed E-state index contributed by atoms with van der Waals surface area (Å²) in [6.45, 7) is -0.306. The second kappa shape index (κ2) is 7.98. The third-order valence-electron chi connectivity index (χ3n) is 3.66. The lowest BCUT2D eigenvalue weighted by Gasteiger charge is -2.15. The third-order valence-corrected chi connectivity index (χ3v) is 4.53. The number of fused-ring (bicyclic) bond motifs is 1. The van der Waals surface area contributed by atoms with Gasteiger partial charge in [0.05, 0.1) is 11.5 Å². The molecular weight excluding hydrogens is 360 g/mol. The van der Waals surface area contributed by atoms with Crippen molar-refractivity contribution in [3.63, 3.8) is 0 Å². The summed E-state index contributed by atoms with van der Waals surface area (Å²) < 4.78 is 10.5. The summed E-state index contributed by atoms with van der Waals surface area (Å²) in [6.07, 6.45) is 0. The smallest absolute Gasteiger partial charge is 0.293 e. The van der Waals surface area contributed by atoms with Crippen LogP contribution >= 0.6 is 11.3 Å². The second-order valence-corrected chi connectivity index (χ2v) is 6.37. The highest BCUT2D eigenvalue weighted by Crippen LogP contribution is 2.32. The SMILES string of the molecule is O=C(N[C@@H](CO)C(=O)NCc1ccc2c(c1)OCO2)C(=O)c1cccs1. The molecule has 1 aliphatic heterocycles. The molecule has 0 fully saturated rings. The van der Waals surface area contributed by atoms with E-state index < -0.39 is 30.2 Å². The van der Waals surface area contributed by atoms with Crippen molar-refractivity contribution in [3.8, 4) is 11.5 Å². The van der Waals surface area contributed by atoms with Crippen LogP contribution in [0.5, 0.6) is 11.5 Å². The Hall–Kier alpha value is -2.91. The molecule has 0 saturated carbocycles. The van der Waals surface area contributed by atoms with Gasteiger partial charge < -0.3 is 25.2 Å². The van der Waals surface area contributed by atoms with E-state index >= 15 is 0 Å². The number of nitrogens with one attached hydrogen (secondary N) is 2. The Bertz CT molecular complexity index is 821. The minimum atomic E-state index is -1.22. The highest BCUT2D eigenvalue weighted by molar-refractivity contribution is 7.13. The topological polar surface area (TPSA) is 114 Å². The van der Waals surface area contributed by atoms with Gasteiger partial charge in [-0.1, -0.05) is 12.1 Å². The Labute approximate surface area is 152 Å². The fourth-order valence-corrected chi connectivity index (χ4v) is 2.96. The number of ketones is 1. The lowest BCUT2D eigenvalue weighted by atomic mass is 10.2. The van der Waals surface area contributed by atoms with Gasteiger partial charge in [0, 0.05) is 6.54 Å². The summed E-state index contributed by atoms with van der Waals surface area (Å²) in [6, 6.07) is 7.17. The van der Waals surface area contributed by atoms with E-state index in [1.54, 1.807) is 29.6 Å². The number of carbonyl (C=O) groups is 3. The second-order valence-electron chi connectivity index (χ2n) is 5.42. The standard InChI is InChI=1S/C17H16N2O6S/c20-8-11(19-17(23)15(21)14-2-1-5-26-14)16(22)18-7-10-3-4-12-13(6-10)25-9-24-12/h1-6,11,20H,7-9H2,(H,18,22)(H,19,23)/t11-/m0/s1. The molecule has 3 N–H and O–H groups in total. The molecule has 1 aliphatic rings. The first-order valence-corrected chi connectivity index (χ1v) is 8.62. The normalized spacial score (nSPS) is 13.1. The molecule has 3 rings (SSSR count). The van der Waals surface area contributed by atoms with Gasteiger partial charge in [0.15, 0.2) is 11.5 Å². The number of thiophene rings is 1. The number of hydrogen-bond donors (Lipinski definition) is 3. The molecule has 136 valence electrons. The largest absolute Gasteiger partial charge is 0.454 e. The van der Waals surface area contributed by atoms with Crippen molar-refractivity contribution in [1.82, 2.24) is 10.6 Å². The van der Waals surface area contributed by atoms with Crippen molar-refractivity contribution in [3.05, 3.63) is 46.2 Å². The number of amides is 2. The van der Waals surface area contributed by atoms with Crippen LogP contribution < -0.4 is 20.1 Å². The van der Waals surface area contributed by atoms with E-state index in [9.17, 15) is 19.5 Å². The minimum Gasteiger partial charge on any atom is -0.454 e. The third kappa shape index (κ3) is 4.01. The Morgan fingerprint density at radius 2 is 2.00 bits per heavy atom. The Kier molecular flexibility index (Phi) is 5.49. The fourth-order valence-electron chi connectivity index (χ4n) is 2.30. The predicted molar refractivity (Wildman–Crippen MR) is 92.1 cm³/mol. The number of aliphatic hydroxyl groups excluding tert-OH is 1. The van der Waals surface area contributed by atoms with Gasteiger partial charge in [-0.05, 0) is 29.1 Å². The molecule has 8 nitrogen and oxygen atoms in total. The molecule has 2 aromatic rings. The van der Waals surface area contributed by atoms with Gasteiger partial charge in [-0.2, -0.15) is 0 Å². The van der Waals surface area contributed by atoms with E-state index in [0.29, 0.717) is 11.5 Å². The zero-order valence-electron chi connectivity index (χ0n) is 13.6. The molecule has 0 spiro atoms. The van der Waals surface area contributed by atoms with Crippen LogP contribution in [0.25, 0.3) is 0 Å². The first-order valence-electron chi connectivity index (χ1n) is 7.74. The highest BCUT2D eigenvalue weighted by Gasteiger charge is 2.25. The number of hydrogen-bond acceptors (Lipinski definition) is 7. The maximum Gasteiger partial charge on any atom is 0.293 e. The molecule has 0 unspecified atom stereocenters. The number of aliphatic hydroxyl groups is 1. The average Bonchev–Trinajstić information content (AvgIpc) is 3.34. The van der Waals surface area contributed by atoms with Crippen LogP contribution in [0.3, 0.4) is 0 Å². The molecule has 2 amide bonds. The molecule has 26 heavy (non-hydrogen) atoms. The van der Waals surface area contributed by atoms with E-state index in [0.717, 1.165) is 16.9 Å². The molecule has 0 aliphatic carbocycles. The molecule has 0 bridgehead atoms. The van der Waals surface area contributed by atoms with Gasteiger partial charge in [-0.25, -0.2) is 0 Å². The van der Waals surface area contributed by atoms with Crippen molar-refractivity contribution < 1.29 is 29.0 Å². The summed E-state index contributed by atoms with van der Waals surface area (Å²) in [5.41, 5.74) is 0.764. The quantitative estimate of drug-likeness (QED) is 0.478. The first-order chi connectivity index (χ1) is 12.6. The average molecular weight is 376 g/mol. The van der Waals surface area contributed by atoms with Crippen molar-refractivity contribution in [2.24, 2.45) is 0 Å².